The molecule has 0 aromatic carbocycles. The van der Waals surface area contributed by atoms with Gasteiger partial charge in [-0.1, -0.05) is 15.9 Å². The van der Waals surface area contributed by atoms with Gasteiger partial charge in [0.05, 0.1) is 10.7 Å². The fraction of sp³-hybridized carbons (Fsp3) is 0.700. The van der Waals surface area contributed by atoms with Gasteiger partial charge in [-0.3, -0.25) is 0 Å². The van der Waals surface area contributed by atoms with Crippen LogP contribution in [0.1, 0.15) is 53.1 Å². The number of aromatic nitrogens is 1. The van der Waals surface area contributed by atoms with E-state index in [2.05, 4.69) is 15.9 Å². The molecule has 0 aliphatic heterocycles. The van der Waals surface area contributed by atoms with Crippen molar-refractivity contribution in [2.75, 3.05) is 0 Å². The first-order valence-corrected chi connectivity index (χ1v) is 6.87. The SMILES string of the molecule is BrCc1sc(C2CC2)nc1C1CC1. The molecular weight excluding hydrogens is 246 g/mol. The summed E-state index contributed by atoms with van der Waals surface area (Å²) in [7, 11) is 0. The fourth-order valence-electron chi connectivity index (χ4n) is 1.66. The number of rotatable bonds is 3. The topological polar surface area (TPSA) is 12.9 Å². The van der Waals surface area contributed by atoms with Crippen LogP contribution in [-0.4, -0.2) is 4.98 Å². The zero-order valence-electron chi connectivity index (χ0n) is 7.42. The maximum Gasteiger partial charge on any atom is 0.0962 e. The fourth-order valence-corrected chi connectivity index (χ4v) is 3.46. The number of halogens is 1. The molecule has 13 heavy (non-hydrogen) atoms. The lowest BCUT2D eigenvalue weighted by atomic mass is 10.3. The summed E-state index contributed by atoms with van der Waals surface area (Å²) in [6.07, 6.45) is 5.49. The molecule has 3 rings (SSSR count). The van der Waals surface area contributed by atoms with Crippen molar-refractivity contribution in [2.45, 2.75) is 42.8 Å². The molecule has 1 aromatic rings. The standard InChI is InChI=1S/C10H12BrNS/c11-5-8-9(6-1-2-6)12-10(13-8)7-3-4-7/h6-7H,1-5H2. The van der Waals surface area contributed by atoms with Gasteiger partial charge in [-0.2, -0.15) is 0 Å². The highest BCUT2D eigenvalue weighted by atomic mass is 79.9. The van der Waals surface area contributed by atoms with Gasteiger partial charge in [0, 0.05) is 22.0 Å². The Morgan fingerprint density at radius 1 is 1.23 bits per heavy atom. The van der Waals surface area contributed by atoms with Crippen LogP contribution in [0.3, 0.4) is 0 Å². The maximum atomic E-state index is 4.79. The molecule has 0 bridgehead atoms. The summed E-state index contributed by atoms with van der Waals surface area (Å²) in [6.45, 7) is 0. The Hall–Kier alpha value is 0.110. The van der Waals surface area contributed by atoms with Gasteiger partial charge in [-0.25, -0.2) is 4.98 Å². The van der Waals surface area contributed by atoms with Crippen LogP contribution in [0.4, 0.5) is 0 Å². The maximum absolute atomic E-state index is 4.79. The van der Waals surface area contributed by atoms with E-state index in [4.69, 9.17) is 4.98 Å². The molecule has 70 valence electrons. The zero-order valence-corrected chi connectivity index (χ0v) is 9.83. The number of alkyl halides is 1. The average molecular weight is 258 g/mol. The van der Waals surface area contributed by atoms with Crippen molar-refractivity contribution in [2.24, 2.45) is 0 Å². The highest BCUT2D eigenvalue weighted by Crippen LogP contribution is 2.48. The van der Waals surface area contributed by atoms with Gasteiger partial charge in [0.15, 0.2) is 0 Å². The van der Waals surface area contributed by atoms with E-state index in [0.29, 0.717) is 0 Å². The van der Waals surface area contributed by atoms with Crippen LogP contribution < -0.4 is 0 Å². The summed E-state index contributed by atoms with van der Waals surface area (Å²) in [5.74, 6) is 1.64. The van der Waals surface area contributed by atoms with E-state index in [9.17, 15) is 0 Å². The minimum absolute atomic E-state index is 0.816. The number of thiazole rings is 1. The Morgan fingerprint density at radius 2 is 1.92 bits per heavy atom. The van der Waals surface area contributed by atoms with E-state index in [1.807, 2.05) is 11.3 Å². The Kier molecular flexibility index (Phi) is 1.98. The van der Waals surface area contributed by atoms with E-state index >= 15 is 0 Å². The van der Waals surface area contributed by atoms with Crippen molar-refractivity contribution in [1.29, 1.82) is 0 Å². The zero-order chi connectivity index (χ0) is 8.84. The molecule has 2 aliphatic carbocycles. The van der Waals surface area contributed by atoms with Crippen LogP contribution in [0, 0.1) is 0 Å². The van der Waals surface area contributed by atoms with E-state index in [-0.39, 0.29) is 0 Å². The molecule has 0 unspecified atom stereocenters. The van der Waals surface area contributed by atoms with Gasteiger partial charge < -0.3 is 0 Å². The lowest BCUT2D eigenvalue weighted by Crippen LogP contribution is -1.84. The van der Waals surface area contributed by atoms with Crippen molar-refractivity contribution in [1.82, 2.24) is 4.98 Å². The van der Waals surface area contributed by atoms with Crippen molar-refractivity contribution in [3.63, 3.8) is 0 Å². The predicted octanol–water partition coefficient (Wildman–Crippen LogP) is 3.79. The summed E-state index contributed by atoms with van der Waals surface area (Å²) < 4.78 is 0. The third-order valence-corrected chi connectivity index (χ3v) is 4.92. The predicted molar refractivity (Wildman–Crippen MR) is 58.7 cm³/mol. The summed E-state index contributed by atoms with van der Waals surface area (Å²) in [5.41, 5.74) is 1.42. The molecule has 2 fully saturated rings. The van der Waals surface area contributed by atoms with Gasteiger partial charge in [-0.05, 0) is 25.7 Å². The van der Waals surface area contributed by atoms with Crippen LogP contribution in [0.15, 0.2) is 0 Å². The molecule has 2 saturated carbocycles. The van der Waals surface area contributed by atoms with Gasteiger partial charge in [-0.15, -0.1) is 11.3 Å². The molecule has 2 aliphatic rings. The van der Waals surface area contributed by atoms with Gasteiger partial charge >= 0.3 is 0 Å². The second-order valence-corrected chi connectivity index (χ2v) is 5.72. The highest BCUT2D eigenvalue weighted by molar-refractivity contribution is 9.08. The molecule has 1 heterocycles. The van der Waals surface area contributed by atoms with Crippen LogP contribution in [-0.2, 0) is 5.33 Å². The van der Waals surface area contributed by atoms with Crippen LogP contribution in [0.5, 0.6) is 0 Å². The Morgan fingerprint density at radius 3 is 2.46 bits per heavy atom. The van der Waals surface area contributed by atoms with Crippen molar-refractivity contribution in [3.05, 3.63) is 15.6 Å². The van der Waals surface area contributed by atoms with Crippen molar-refractivity contribution < 1.29 is 0 Å². The molecule has 0 amide bonds. The minimum atomic E-state index is 0.816. The van der Waals surface area contributed by atoms with Gasteiger partial charge in [0.25, 0.3) is 0 Å². The lowest BCUT2D eigenvalue weighted by Gasteiger charge is -1.92. The van der Waals surface area contributed by atoms with E-state index in [1.165, 1.54) is 41.3 Å². The summed E-state index contributed by atoms with van der Waals surface area (Å²) in [6, 6.07) is 0. The molecule has 3 heteroatoms. The van der Waals surface area contributed by atoms with E-state index < -0.39 is 0 Å². The third kappa shape index (κ3) is 1.57. The summed E-state index contributed by atoms with van der Waals surface area (Å²) >= 11 is 5.50. The Balaban J connectivity index is 1.95. The molecule has 0 radical (unpaired) electrons. The minimum Gasteiger partial charge on any atom is -0.245 e. The number of nitrogens with zero attached hydrogens (tertiary/aromatic N) is 1. The molecular formula is C10H12BrNS. The molecule has 0 spiro atoms. The third-order valence-electron chi connectivity index (χ3n) is 2.76. The largest absolute Gasteiger partial charge is 0.245 e. The van der Waals surface area contributed by atoms with Gasteiger partial charge in [0.1, 0.15) is 0 Å². The van der Waals surface area contributed by atoms with Gasteiger partial charge in [0.2, 0.25) is 0 Å². The molecule has 1 nitrogen and oxygen atoms in total. The first-order chi connectivity index (χ1) is 6.38. The molecule has 0 atom stereocenters. The Labute approximate surface area is 90.7 Å². The van der Waals surface area contributed by atoms with Crippen LogP contribution in [0.25, 0.3) is 0 Å². The second kappa shape index (κ2) is 3.06. The van der Waals surface area contributed by atoms with E-state index in [1.54, 1.807) is 0 Å². The number of hydrogen-bond donors (Lipinski definition) is 0. The van der Waals surface area contributed by atoms with E-state index in [0.717, 1.165) is 17.2 Å². The first kappa shape index (κ1) is 8.42. The Bertz CT molecular complexity index is 326. The quantitative estimate of drug-likeness (QED) is 0.751. The smallest absolute Gasteiger partial charge is 0.0962 e. The lowest BCUT2D eigenvalue weighted by molar-refractivity contribution is 0.976. The summed E-state index contributed by atoms with van der Waals surface area (Å²) in [5, 5.41) is 2.42. The normalized spacial score (nSPS) is 22.2. The van der Waals surface area contributed by atoms with Crippen LogP contribution >= 0.6 is 27.3 Å². The average Bonchev–Trinajstić information content (AvgIpc) is 3.02. The molecule has 1 aromatic heterocycles. The molecule has 0 saturated heterocycles. The number of hydrogen-bond acceptors (Lipinski definition) is 2. The summed E-state index contributed by atoms with van der Waals surface area (Å²) in [4.78, 5) is 6.28. The second-order valence-electron chi connectivity index (χ2n) is 4.04. The molecule has 0 N–H and O–H groups in total. The van der Waals surface area contributed by atoms with Crippen molar-refractivity contribution >= 4 is 27.3 Å². The highest BCUT2D eigenvalue weighted by Gasteiger charge is 2.33. The first-order valence-electron chi connectivity index (χ1n) is 4.94. The van der Waals surface area contributed by atoms with Crippen LogP contribution in [0.2, 0.25) is 0 Å². The van der Waals surface area contributed by atoms with Crippen molar-refractivity contribution in [3.8, 4) is 0 Å². The monoisotopic (exact) mass is 257 g/mol.